The summed E-state index contributed by atoms with van der Waals surface area (Å²) >= 11 is 0. The Morgan fingerprint density at radius 1 is 1.21 bits per heavy atom. The Morgan fingerprint density at radius 2 is 1.95 bits per heavy atom. The molecular formula is C16H20N2O. The van der Waals surface area contributed by atoms with Gasteiger partial charge in [-0.15, -0.1) is 0 Å². The molecule has 2 N–H and O–H groups in total. The number of pyridine rings is 1. The van der Waals surface area contributed by atoms with Crippen LogP contribution >= 0.6 is 0 Å². The maximum Gasteiger partial charge on any atom is 0.260 e. The van der Waals surface area contributed by atoms with Gasteiger partial charge in [-0.2, -0.15) is 0 Å². The van der Waals surface area contributed by atoms with Crippen LogP contribution in [0.4, 0.5) is 5.82 Å². The van der Waals surface area contributed by atoms with Crippen LogP contribution in [-0.4, -0.2) is 4.57 Å². The Balaban J connectivity index is 2.22. The van der Waals surface area contributed by atoms with E-state index < -0.39 is 0 Å². The van der Waals surface area contributed by atoms with E-state index in [0.29, 0.717) is 17.7 Å². The minimum absolute atomic E-state index is 0.0570. The van der Waals surface area contributed by atoms with Gasteiger partial charge in [0.15, 0.2) is 0 Å². The first-order valence-electron chi connectivity index (χ1n) is 6.99. The zero-order chi connectivity index (χ0) is 13.6. The molecule has 0 amide bonds. The molecule has 1 saturated carbocycles. The van der Waals surface area contributed by atoms with Crippen LogP contribution in [0.3, 0.4) is 0 Å². The number of benzene rings is 1. The Hall–Kier alpha value is -1.77. The van der Waals surface area contributed by atoms with Crippen molar-refractivity contribution >= 4 is 16.6 Å². The molecule has 1 aliphatic rings. The van der Waals surface area contributed by atoms with E-state index in [9.17, 15) is 4.79 Å². The smallest absolute Gasteiger partial charge is 0.260 e. The highest BCUT2D eigenvalue weighted by molar-refractivity contribution is 5.83. The molecule has 0 aliphatic heterocycles. The highest BCUT2D eigenvalue weighted by Crippen LogP contribution is 2.40. The molecule has 0 bridgehead atoms. The molecule has 2 aromatic rings. The largest absolute Gasteiger partial charge is 0.385 e. The molecule has 0 radical (unpaired) electrons. The number of nitrogens with zero attached hydrogens (tertiary/aromatic N) is 1. The quantitative estimate of drug-likeness (QED) is 0.851. The van der Waals surface area contributed by atoms with Crippen molar-refractivity contribution in [2.24, 2.45) is 11.8 Å². The lowest BCUT2D eigenvalue weighted by Gasteiger charge is -2.23. The molecule has 3 rings (SSSR count). The topological polar surface area (TPSA) is 48.0 Å². The first kappa shape index (κ1) is 12.3. The van der Waals surface area contributed by atoms with Gasteiger partial charge in [-0.1, -0.05) is 32.0 Å². The summed E-state index contributed by atoms with van der Waals surface area (Å²) in [6.07, 6.45) is 2.22. The Labute approximate surface area is 113 Å². The van der Waals surface area contributed by atoms with Gasteiger partial charge in [-0.05, 0) is 42.2 Å². The summed E-state index contributed by atoms with van der Waals surface area (Å²) in [5.74, 6) is 1.75. The average Bonchev–Trinajstić information content (AvgIpc) is 2.71. The summed E-state index contributed by atoms with van der Waals surface area (Å²) < 4.78 is 1.82. The minimum Gasteiger partial charge on any atom is -0.385 e. The van der Waals surface area contributed by atoms with Crippen LogP contribution in [-0.2, 0) is 0 Å². The van der Waals surface area contributed by atoms with E-state index in [4.69, 9.17) is 5.73 Å². The highest BCUT2D eigenvalue weighted by atomic mass is 16.1. The van der Waals surface area contributed by atoms with Crippen LogP contribution < -0.4 is 11.3 Å². The number of hydrogen-bond donors (Lipinski definition) is 1. The number of rotatable bonds is 1. The van der Waals surface area contributed by atoms with E-state index in [1.54, 1.807) is 0 Å². The molecule has 100 valence electrons. The third-order valence-corrected chi connectivity index (χ3v) is 4.75. The zero-order valence-electron chi connectivity index (χ0n) is 11.5. The first-order valence-corrected chi connectivity index (χ1v) is 6.99. The molecule has 1 fully saturated rings. The standard InChI is InChI=1S/C16H20N2O/c1-10-7-8-14(11(10)2)18-15(17)9-12-5-3-4-6-13(12)16(18)19/h3-6,9-11,14H,7-8,17H2,1-2H3. The zero-order valence-corrected chi connectivity index (χ0v) is 11.5. The Bertz CT molecular complexity index is 674. The third-order valence-electron chi connectivity index (χ3n) is 4.75. The normalized spacial score (nSPS) is 26.9. The molecule has 1 heterocycles. The number of nitrogens with two attached hydrogens (primary N) is 1. The van der Waals surface area contributed by atoms with Gasteiger partial charge in [0.1, 0.15) is 5.82 Å². The van der Waals surface area contributed by atoms with E-state index >= 15 is 0 Å². The van der Waals surface area contributed by atoms with Crippen LogP contribution in [0, 0.1) is 11.8 Å². The summed E-state index contributed by atoms with van der Waals surface area (Å²) in [5.41, 5.74) is 6.19. The summed E-state index contributed by atoms with van der Waals surface area (Å²) in [5, 5.41) is 1.70. The van der Waals surface area contributed by atoms with Crippen molar-refractivity contribution in [2.45, 2.75) is 32.7 Å². The second-order valence-electron chi connectivity index (χ2n) is 5.81. The van der Waals surface area contributed by atoms with Crippen LogP contribution in [0.15, 0.2) is 35.1 Å². The van der Waals surface area contributed by atoms with Crippen LogP contribution in [0.25, 0.3) is 10.8 Å². The monoisotopic (exact) mass is 256 g/mol. The molecule has 1 aliphatic carbocycles. The predicted octanol–water partition coefficient (Wildman–Crippen LogP) is 3.19. The number of hydrogen-bond acceptors (Lipinski definition) is 2. The minimum atomic E-state index is 0.0570. The van der Waals surface area contributed by atoms with E-state index in [0.717, 1.165) is 17.2 Å². The van der Waals surface area contributed by atoms with Crippen molar-refractivity contribution in [1.29, 1.82) is 0 Å². The molecule has 3 unspecified atom stereocenters. The van der Waals surface area contributed by atoms with Gasteiger partial charge in [0.05, 0.1) is 0 Å². The van der Waals surface area contributed by atoms with Crippen LogP contribution in [0.1, 0.15) is 32.7 Å². The van der Waals surface area contributed by atoms with Gasteiger partial charge in [-0.25, -0.2) is 0 Å². The molecule has 19 heavy (non-hydrogen) atoms. The Kier molecular flexibility index (Phi) is 2.85. The molecular weight excluding hydrogens is 236 g/mol. The number of nitrogen functional groups attached to an aromatic ring is 1. The van der Waals surface area contributed by atoms with Crippen molar-refractivity contribution in [3.63, 3.8) is 0 Å². The van der Waals surface area contributed by atoms with Crippen molar-refractivity contribution in [1.82, 2.24) is 4.57 Å². The van der Waals surface area contributed by atoms with Crippen LogP contribution in [0.5, 0.6) is 0 Å². The molecule has 3 nitrogen and oxygen atoms in total. The summed E-state index contributed by atoms with van der Waals surface area (Å²) in [4.78, 5) is 12.7. The van der Waals surface area contributed by atoms with Gasteiger partial charge in [0.25, 0.3) is 5.56 Å². The highest BCUT2D eigenvalue weighted by Gasteiger charge is 2.32. The second kappa shape index (κ2) is 4.41. The molecule has 3 heteroatoms. The maximum absolute atomic E-state index is 12.7. The number of aromatic nitrogens is 1. The van der Waals surface area contributed by atoms with E-state index in [1.807, 2.05) is 34.9 Å². The number of fused-ring (bicyclic) bond motifs is 1. The third kappa shape index (κ3) is 1.84. The molecule has 1 aromatic carbocycles. The average molecular weight is 256 g/mol. The fourth-order valence-electron chi connectivity index (χ4n) is 3.34. The second-order valence-corrected chi connectivity index (χ2v) is 5.81. The van der Waals surface area contributed by atoms with Gasteiger partial charge in [-0.3, -0.25) is 9.36 Å². The molecule has 0 saturated heterocycles. The lowest BCUT2D eigenvalue weighted by atomic mass is 9.97. The van der Waals surface area contributed by atoms with Gasteiger partial charge >= 0.3 is 0 Å². The lowest BCUT2D eigenvalue weighted by Crippen LogP contribution is -2.29. The summed E-state index contributed by atoms with van der Waals surface area (Å²) in [6.45, 7) is 4.48. The lowest BCUT2D eigenvalue weighted by molar-refractivity contribution is 0.351. The molecule has 3 atom stereocenters. The first-order chi connectivity index (χ1) is 9.09. The number of anilines is 1. The van der Waals surface area contributed by atoms with Crippen molar-refractivity contribution in [3.05, 3.63) is 40.7 Å². The van der Waals surface area contributed by atoms with Gasteiger partial charge in [0, 0.05) is 11.4 Å². The van der Waals surface area contributed by atoms with Crippen molar-refractivity contribution < 1.29 is 0 Å². The fraction of sp³-hybridized carbons (Fsp3) is 0.438. The van der Waals surface area contributed by atoms with Gasteiger partial charge in [0.2, 0.25) is 0 Å². The van der Waals surface area contributed by atoms with Crippen molar-refractivity contribution in [2.75, 3.05) is 5.73 Å². The van der Waals surface area contributed by atoms with Gasteiger partial charge < -0.3 is 5.73 Å². The van der Waals surface area contributed by atoms with Crippen molar-refractivity contribution in [3.8, 4) is 0 Å². The summed E-state index contributed by atoms with van der Waals surface area (Å²) in [6, 6.07) is 9.84. The predicted molar refractivity (Wildman–Crippen MR) is 79.2 cm³/mol. The molecule has 0 spiro atoms. The Morgan fingerprint density at radius 3 is 2.63 bits per heavy atom. The molecule has 1 aromatic heterocycles. The van der Waals surface area contributed by atoms with E-state index in [2.05, 4.69) is 13.8 Å². The SMILES string of the molecule is CC1CCC(n2c(N)cc3ccccc3c2=O)C1C. The fourth-order valence-corrected chi connectivity index (χ4v) is 3.34. The summed E-state index contributed by atoms with van der Waals surface area (Å²) in [7, 11) is 0. The van der Waals surface area contributed by atoms with Crippen LogP contribution in [0.2, 0.25) is 0 Å². The van der Waals surface area contributed by atoms with E-state index in [1.165, 1.54) is 6.42 Å². The van der Waals surface area contributed by atoms with E-state index in [-0.39, 0.29) is 11.6 Å². The maximum atomic E-state index is 12.7.